The van der Waals surface area contributed by atoms with Crippen molar-refractivity contribution >= 4 is 0 Å². The third-order valence-electron chi connectivity index (χ3n) is 3.10. The van der Waals surface area contributed by atoms with Crippen LogP contribution >= 0.6 is 0 Å². The summed E-state index contributed by atoms with van der Waals surface area (Å²) in [5.41, 5.74) is 0.100. The molecule has 1 saturated heterocycles. The molecule has 0 aromatic carbocycles. The number of rotatable bonds is 4. The maximum Gasteiger partial charge on any atom is 0.0779 e. The van der Waals surface area contributed by atoms with Crippen molar-refractivity contribution in [3.8, 4) is 0 Å². The van der Waals surface area contributed by atoms with Gasteiger partial charge in [-0.2, -0.15) is 0 Å². The van der Waals surface area contributed by atoms with Gasteiger partial charge in [-0.05, 0) is 32.6 Å². The highest BCUT2D eigenvalue weighted by atomic mass is 16.5. The van der Waals surface area contributed by atoms with E-state index in [1.807, 2.05) is 0 Å². The van der Waals surface area contributed by atoms with Crippen LogP contribution in [0.2, 0.25) is 0 Å². The van der Waals surface area contributed by atoms with Crippen molar-refractivity contribution in [1.29, 1.82) is 0 Å². The van der Waals surface area contributed by atoms with Crippen molar-refractivity contribution in [3.63, 3.8) is 0 Å². The Balaban J connectivity index is 2.24. The summed E-state index contributed by atoms with van der Waals surface area (Å²) < 4.78 is 5.71. The van der Waals surface area contributed by atoms with Crippen molar-refractivity contribution in [3.05, 3.63) is 0 Å². The topological polar surface area (TPSA) is 21.3 Å². The third kappa shape index (κ3) is 3.28. The molecule has 78 valence electrons. The lowest BCUT2D eigenvalue weighted by Gasteiger charge is -2.27. The number of hydrogen-bond donors (Lipinski definition) is 1. The Morgan fingerprint density at radius 2 is 2.08 bits per heavy atom. The average Bonchev–Trinajstić information content (AvgIpc) is 2.48. The predicted octanol–water partition coefficient (Wildman–Crippen LogP) is 2.19. The molecule has 2 heteroatoms. The van der Waals surface area contributed by atoms with E-state index in [1.54, 1.807) is 0 Å². The molecule has 13 heavy (non-hydrogen) atoms. The van der Waals surface area contributed by atoms with E-state index in [9.17, 15) is 0 Å². The molecule has 0 aliphatic carbocycles. The van der Waals surface area contributed by atoms with Gasteiger partial charge >= 0.3 is 0 Å². The molecular weight excluding hydrogens is 162 g/mol. The van der Waals surface area contributed by atoms with Crippen LogP contribution in [-0.4, -0.2) is 24.8 Å². The Labute approximate surface area is 82.0 Å². The van der Waals surface area contributed by atoms with Gasteiger partial charge in [0.15, 0.2) is 0 Å². The van der Waals surface area contributed by atoms with Crippen LogP contribution in [0.4, 0.5) is 0 Å². The highest BCUT2D eigenvalue weighted by molar-refractivity contribution is 4.83. The molecule has 1 heterocycles. The minimum atomic E-state index is 0.100. The number of hydrogen-bond acceptors (Lipinski definition) is 2. The minimum absolute atomic E-state index is 0.100. The quantitative estimate of drug-likeness (QED) is 0.725. The zero-order valence-corrected chi connectivity index (χ0v) is 9.39. The van der Waals surface area contributed by atoms with Crippen LogP contribution in [0.5, 0.6) is 0 Å². The van der Waals surface area contributed by atoms with Crippen LogP contribution in [0.1, 0.15) is 40.5 Å². The van der Waals surface area contributed by atoms with Crippen LogP contribution in [0, 0.1) is 5.92 Å². The molecule has 0 aromatic heterocycles. The van der Waals surface area contributed by atoms with Gasteiger partial charge in [-0.3, -0.25) is 0 Å². The van der Waals surface area contributed by atoms with Gasteiger partial charge in [0.2, 0.25) is 0 Å². The maximum absolute atomic E-state index is 5.71. The fourth-order valence-electron chi connectivity index (χ4n) is 1.59. The van der Waals surface area contributed by atoms with Crippen LogP contribution < -0.4 is 5.32 Å². The van der Waals surface area contributed by atoms with E-state index in [1.165, 1.54) is 12.8 Å². The van der Waals surface area contributed by atoms with Gasteiger partial charge in [0.1, 0.15) is 0 Å². The van der Waals surface area contributed by atoms with Gasteiger partial charge in [-0.15, -0.1) is 0 Å². The van der Waals surface area contributed by atoms with Gasteiger partial charge in [-0.1, -0.05) is 13.8 Å². The van der Waals surface area contributed by atoms with Gasteiger partial charge < -0.3 is 10.1 Å². The molecule has 2 nitrogen and oxygen atoms in total. The first kappa shape index (κ1) is 11.0. The highest BCUT2D eigenvalue weighted by Crippen LogP contribution is 2.24. The smallest absolute Gasteiger partial charge is 0.0779 e. The molecule has 1 aliphatic rings. The average molecular weight is 185 g/mol. The SMILES string of the molecule is CC(C)C(C)NCC1(C)CCCO1. The Kier molecular flexibility index (Phi) is 3.74. The van der Waals surface area contributed by atoms with Gasteiger partial charge in [0, 0.05) is 19.2 Å². The molecule has 0 spiro atoms. The Morgan fingerprint density at radius 1 is 1.38 bits per heavy atom. The van der Waals surface area contributed by atoms with Crippen molar-refractivity contribution in [2.45, 2.75) is 52.2 Å². The number of ether oxygens (including phenoxy) is 1. The monoisotopic (exact) mass is 185 g/mol. The Morgan fingerprint density at radius 3 is 2.54 bits per heavy atom. The van der Waals surface area contributed by atoms with Crippen LogP contribution in [0.25, 0.3) is 0 Å². The summed E-state index contributed by atoms with van der Waals surface area (Å²) in [6.45, 7) is 10.9. The minimum Gasteiger partial charge on any atom is -0.374 e. The summed E-state index contributed by atoms with van der Waals surface area (Å²) in [5, 5.41) is 3.54. The molecule has 1 N–H and O–H groups in total. The summed E-state index contributed by atoms with van der Waals surface area (Å²) in [6, 6.07) is 0.584. The summed E-state index contributed by atoms with van der Waals surface area (Å²) >= 11 is 0. The zero-order valence-electron chi connectivity index (χ0n) is 9.39. The first-order valence-corrected chi connectivity index (χ1v) is 5.41. The van der Waals surface area contributed by atoms with Gasteiger partial charge in [0.05, 0.1) is 5.60 Å². The van der Waals surface area contributed by atoms with E-state index in [-0.39, 0.29) is 5.60 Å². The van der Waals surface area contributed by atoms with Crippen molar-refractivity contribution in [1.82, 2.24) is 5.32 Å². The van der Waals surface area contributed by atoms with E-state index >= 15 is 0 Å². The summed E-state index contributed by atoms with van der Waals surface area (Å²) in [6.07, 6.45) is 2.42. The van der Waals surface area contributed by atoms with Crippen molar-refractivity contribution in [2.75, 3.05) is 13.2 Å². The molecule has 2 atom stereocenters. The molecule has 0 saturated carbocycles. The van der Waals surface area contributed by atoms with Gasteiger partial charge in [-0.25, -0.2) is 0 Å². The van der Waals surface area contributed by atoms with Crippen LogP contribution in [-0.2, 0) is 4.74 Å². The van der Waals surface area contributed by atoms with Crippen molar-refractivity contribution < 1.29 is 4.74 Å². The lowest BCUT2D eigenvalue weighted by atomic mass is 10.0. The largest absolute Gasteiger partial charge is 0.374 e. The lowest BCUT2D eigenvalue weighted by Crippen LogP contribution is -2.42. The summed E-state index contributed by atoms with van der Waals surface area (Å²) in [7, 11) is 0. The maximum atomic E-state index is 5.71. The third-order valence-corrected chi connectivity index (χ3v) is 3.10. The first-order valence-electron chi connectivity index (χ1n) is 5.41. The van der Waals surface area contributed by atoms with E-state index in [2.05, 4.69) is 33.0 Å². The number of nitrogens with one attached hydrogen (secondary N) is 1. The molecule has 1 aliphatic heterocycles. The fraction of sp³-hybridized carbons (Fsp3) is 1.00. The highest BCUT2D eigenvalue weighted by Gasteiger charge is 2.29. The normalized spacial score (nSPS) is 31.2. The fourth-order valence-corrected chi connectivity index (χ4v) is 1.59. The molecule has 1 rings (SSSR count). The second kappa shape index (κ2) is 4.43. The van der Waals surface area contributed by atoms with E-state index in [4.69, 9.17) is 4.74 Å². The summed E-state index contributed by atoms with van der Waals surface area (Å²) in [4.78, 5) is 0. The Bertz CT molecular complexity index is 150. The van der Waals surface area contributed by atoms with Crippen LogP contribution in [0.3, 0.4) is 0 Å². The second-order valence-electron chi connectivity index (χ2n) is 4.82. The molecule has 0 bridgehead atoms. The molecule has 0 amide bonds. The molecule has 0 aromatic rings. The van der Waals surface area contributed by atoms with E-state index in [0.29, 0.717) is 12.0 Å². The molecule has 2 unspecified atom stereocenters. The van der Waals surface area contributed by atoms with Crippen molar-refractivity contribution in [2.24, 2.45) is 5.92 Å². The summed E-state index contributed by atoms with van der Waals surface area (Å²) in [5.74, 6) is 0.699. The Hall–Kier alpha value is -0.0800. The van der Waals surface area contributed by atoms with Crippen LogP contribution in [0.15, 0.2) is 0 Å². The zero-order chi connectivity index (χ0) is 9.90. The van der Waals surface area contributed by atoms with E-state index < -0.39 is 0 Å². The second-order valence-corrected chi connectivity index (χ2v) is 4.82. The lowest BCUT2D eigenvalue weighted by molar-refractivity contribution is 0.0181. The predicted molar refractivity (Wildman–Crippen MR) is 55.9 cm³/mol. The molecular formula is C11H23NO. The van der Waals surface area contributed by atoms with Gasteiger partial charge in [0.25, 0.3) is 0 Å². The molecule has 1 fully saturated rings. The standard InChI is InChI=1S/C11H23NO/c1-9(2)10(3)12-8-11(4)6-5-7-13-11/h9-10,12H,5-8H2,1-4H3. The van der Waals surface area contributed by atoms with E-state index in [0.717, 1.165) is 13.2 Å². The molecule has 0 radical (unpaired) electrons. The first-order chi connectivity index (χ1) is 6.03.